The number of ketones is 1. The van der Waals surface area contributed by atoms with Crippen LogP contribution in [-0.2, 0) is 14.4 Å². The van der Waals surface area contributed by atoms with Gasteiger partial charge in [-0.25, -0.2) is 4.79 Å². The van der Waals surface area contributed by atoms with Gasteiger partial charge in [-0.05, 0) is 44.0 Å². The summed E-state index contributed by atoms with van der Waals surface area (Å²) in [5, 5.41) is 0. The minimum atomic E-state index is -0.682. The van der Waals surface area contributed by atoms with Crippen molar-refractivity contribution in [2.24, 2.45) is 11.8 Å². The Hall–Kier alpha value is -2.76. The number of imide groups is 1. The third kappa shape index (κ3) is 2.99. The van der Waals surface area contributed by atoms with Gasteiger partial charge in [0.15, 0.2) is 5.78 Å². The van der Waals surface area contributed by atoms with Gasteiger partial charge in [0.05, 0.1) is 11.8 Å². The summed E-state index contributed by atoms with van der Waals surface area (Å²) in [5.41, 5.74) is 0.510. The van der Waals surface area contributed by atoms with Crippen molar-refractivity contribution in [2.75, 3.05) is 6.54 Å². The lowest BCUT2D eigenvalue weighted by Crippen LogP contribution is -2.37. The Morgan fingerprint density at radius 1 is 1.04 bits per heavy atom. The Morgan fingerprint density at radius 3 is 2.08 bits per heavy atom. The summed E-state index contributed by atoms with van der Waals surface area (Å²) < 4.78 is 5.15. The lowest BCUT2D eigenvalue weighted by Gasteiger charge is -2.14. The van der Waals surface area contributed by atoms with Crippen molar-refractivity contribution < 1.29 is 23.9 Å². The SMILES string of the molecule is CC(=O)c1ccc(OC(=O)CN2C(=O)[C@H]3CC=CC[C@H]3C2=O)cc1. The Kier molecular flexibility index (Phi) is 4.29. The van der Waals surface area contributed by atoms with Crippen LogP contribution in [0.2, 0.25) is 0 Å². The molecule has 6 nitrogen and oxygen atoms in total. The zero-order valence-electron chi connectivity index (χ0n) is 13.2. The van der Waals surface area contributed by atoms with Crippen molar-refractivity contribution >= 4 is 23.6 Å². The lowest BCUT2D eigenvalue weighted by molar-refractivity contribution is -0.148. The maximum atomic E-state index is 12.3. The number of carbonyl (C=O) groups excluding carboxylic acids is 4. The molecule has 0 N–H and O–H groups in total. The topological polar surface area (TPSA) is 80.8 Å². The van der Waals surface area contributed by atoms with Crippen molar-refractivity contribution in [3.8, 4) is 5.75 Å². The van der Waals surface area contributed by atoms with Crippen LogP contribution in [0, 0.1) is 11.8 Å². The average molecular weight is 327 g/mol. The van der Waals surface area contributed by atoms with Gasteiger partial charge in [-0.15, -0.1) is 0 Å². The summed E-state index contributed by atoms with van der Waals surface area (Å²) in [6, 6.07) is 6.12. The second kappa shape index (κ2) is 6.39. The zero-order valence-corrected chi connectivity index (χ0v) is 13.2. The van der Waals surface area contributed by atoms with Crippen LogP contribution in [0.15, 0.2) is 36.4 Å². The van der Waals surface area contributed by atoms with E-state index in [2.05, 4.69) is 0 Å². The molecule has 1 fully saturated rings. The highest BCUT2D eigenvalue weighted by Gasteiger charge is 2.47. The standard InChI is InChI=1S/C18H17NO5/c1-11(20)12-6-8-13(9-7-12)24-16(21)10-19-17(22)14-4-2-3-5-15(14)18(19)23/h2-3,6-9,14-15H,4-5,10H2,1H3/t14-,15+. The fourth-order valence-corrected chi connectivity index (χ4v) is 3.08. The maximum Gasteiger partial charge on any atom is 0.331 e. The van der Waals surface area contributed by atoms with Gasteiger partial charge in [-0.3, -0.25) is 19.3 Å². The summed E-state index contributed by atoms with van der Waals surface area (Å²) in [5.74, 6) is -1.83. The highest BCUT2D eigenvalue weighted by atomic mass is 16.5. The minimum absolute atomic E-state index is 0.0858. The number of fused-ring (bicyclic) bond motifs is 1. The number of amides is 2. The second-order valence-electron chi connectivity index (χ2n) is 5.97. The highest BCUT2D eigenvalue weighted by molar-refractivity contribution is 6.07. The van der Waals surface area contributed by atoms with E-state index in [-0.39, 0.29) is 41.7 Å². The van der Waals surface area contributed by atoms with Crippen LogP contribution in [0.1, 0.15) is 30.1 Å². The minimum Gasteiger partial charge on any atom is -0.425 e. The number of hydrogen-bond acceptors (Lipinski definition) is 5. The van der Waals surface area contributed by atoms with Crippen molar-refractivity contribution in [3.05, 3.63) is 42.0 Å². The smallest absolute Gasteiger partial charge is 0.331 e. The van der Waals surface area contributed by atoms with Gasteiger partial charge in [0, 0.05) is 5.56 Å². The molecule has 24 heavy (non-hydrogen) atoms. The number of hydrogen-bond donors (Lipinski definition) is 0. The van der Waals surface area contributed by atoms with E-state index in [1.807, 2.05) is 12.2 Å². The highest BCUT2D eigenvalue weighted by Crippen LogP contribution is 2.34. The summed E-state index contributed by atoms with van der Waals surface area (Å²) in [7, 11) is 0. The van der Waals surface area contributed by atoms with Crippen molar-refractivity contribution in [2.45, 2.75) is 19.8 Å². The molecular weight excluding hydrogens is 310 g/mol. The van der Waals surface area contributed by atoms with Gasteiger partial charge in [0.25, 0.3) is 0 Å². The molecule has 2 atom stereocenters. The average Bonchev–Trinajstić information content (AvgIpc) is 2.81. The molecule has 6 heteroatoms. The van der Waals surface area contributed by atoms with Crippen LogP contribution in [0.4, 0.5) is 0 Å². The van der Waals surface area contributed by atoms with Crippen LogP contribution in [-0.4, -0.2) is 35.0 Å². The fraction of sp³-hybridized carbons (Fsp3) is 0.333. The van der Waals surface area contributed by atoms with Crippen LogP contribution >= 0.6 is 0 Å². The van der Waals surface area contributed by atoms with E-state index in [0.717, 1.165) is 4.90 Å². The Morgan fingerprint density at radius 2 is 1.58 bits per heavy atom. The first-order valence-electron chi connectivity index (χ1n) is 7.79. The molecule has 3 rings (SSSR count). The molecule has 1 saturated heterocycles. The molecule has 2 amide bonds. The van der Waals surface area contributed by atoms with E-state index < -0.39 is 5.97 Å². The van der Waals surface area contributed by atoms with E-state index in [1.165, 1.54) is 19.1 Å². The van der Waals surface area contributed by atoms with Crippen LogP contribution in [0.25, 0.3) is 0 Å². The first-order chi connectivity index (χ1) is 11.5. The molecule has 0 saturated carbocycles. The van der Waals surface area contributed by atoms with Gasteiger partial charge in [0.1, 0.15) is 12.3 Å². The zero-order chi connectivity index (χ0) is 17.3. The number of rotatable bonds is 4. The van der Waals surface area contributed by atoms with E-state index in [0.29, 0.717) is 18.4 Å². The monoisotopic (exact) mass is 327 g/mol. The van der Waals surface area contributed by atoms with E-state index in [4.69, 9.17) is 4.74 Å². The number of carbonyl (C=O) groups is 4. The first-order valence-corrected chi connectivity index (χ1v) is 7.79. The fourth-order valence-electron chi connectivity index (χ4n) is 3.08. The molecule has 1 aliphatic carbocycles. The lowest BCUT2D eigenvalue weighted by atomic mass is 9.85. The number of likely N-dealkylation sites (tertiary alicyclic amines) is 1. The summed E-state index contributed by atoms with van der Waals surface area (Å²) in [6.07, 6.45) is 4.86. The molecule has 1 heterocycles. The molecule has 0 unspecified atom stereocenters. The molecule has 1 aliphatic heterocycles. The normalized spacial score (nSPS) is 22.5. The van der Waals surface area contributed by atoms with Gasteiger partial charge in [-0.2, -0.15) is 0 Å². The number of allylic oxidation sites excluding steroid dienone is 2. The number of benzene rings is 1. The van der Waals surface area contributed by atoms with Crippen molar-refractivity contribution in [3.63, 3.8) is 0 Å². The molecule has 1 aromatic rings. The van der Waals surface area contributed by atoms with Gasteiger partial charge in [0.2, 0.25) is 11.8 Å². The van der Waals surface area contributed by atoms with Gasteiger partial charge < -0.3 is 4.74 Å². The molecule has 124 valence electrons. The Labute approximate surface area is 139 Å². The number of Topliss-reactive ketones (excluding diaryl/α,β-unsaturated/α-hetero) is 1. The second-order valence-corrected chi connectivity index (χ2v) is 5.97. The van der Waals surface area contributed by atoms with Crippen LogP contribution < -0.4 is 4.74 Å². The van der Waals surface area contributed by atoms with Crippen molar-refractivity contribution in [1.82, 2.24) is 4.90 Å². The molecule has 1 aromatic carbocycles. The summed E-state index contributed by atoms with van der Waals surface area (Å²) >= 11 is 0. The Balaban J connectivity index is 1.63. The van der Waals surface area contributed by atoms with Crippen molar-refractivity contribution in [1.29, 1.82) is 0 Å². The molecule has 0 bridgehead atoms. The largest absolute Gasteiger partial charge is 0.425 e. The van der Waals surface area contributed by atoms with Gasteiger partial charge in [-0.1, -0.05) is 12.2 Å². The van der Waals surface area contributed by atoms with Crippen LogP contribution in [0.5, 0.6) is 5.75 Å². The summed E-state index contributed by atoms with van der Waals surface area (Å²) in [4.78, 5) is 48.8. The quantitative estimate of drug-likeness (QED) is 0.277. The third-order valence-corrected chi connectivity index (χ3v) is 4.38. The van der Waals surface area contributed by atoms with E-state index in [9.17, 15) is 19.2 Å². The molecular formula is C18H17NO5. The van der Waals surface area contributed by atoms with E-state index >= 15 is 0 Å². The predicted molar refractivity (Wildman–Crippen MR) is 84.2 cm³/mol. The molecule has 2 aliphatic rings. The molecule has 0 radical (unpaired) electrons. The maximum absolute atomic E-state index is 12.3. The van der Waals surface area contributed by atoms with E-state index in [1.54, 1.807) is 12.1 Å². The first kappa shape index (κ1) is 16.1. The number of ether oxygens (including phenoxy) is 1. The number of esters is 1. The van der Waals surface area contributed by atoms with Crippen LogP contribution in [0.3, 0.4) is 0 Å². The third-order valence-electron chi connectivity index (χ3n) is 4.38. The summed E-state index contributed by atoms with van der Waals surface area (Å²) in [6.45, 7) is 1.05. The predicted octanol–water partition coefficient (Wildman–Crippen LogP) is 1.75. The molecule has 0 aromatic heterocycles. The van der Waals surface area contributed by atoms with Gasteiger partial charge >= 0.3 is 5.97 Å². The number of nitrogens with zero attached hydrogens (tertiary/aromatic N) is 1. The Bertz CT molecular complexity index is 708. The molecule has 0 spiro atoms.